The summed E-state index contributed by atoms with van der Waals surface area (Å²) >= 11 is 0. The fraction of sp³-hybridized carbons (Fsp3) is 0.444. The molecule has 0 radical (unpaired) electrons. The molecule has 1 aliphatic carbocycles. The molecule has 3 aliphatic rings. The van der Waals surface area contributed by atoms with Gasteiger partial charge in [-0.15, -0.1) is 5.10 Å². The van der Waals surface area contributed by atoms with E-state index >= 15 is 0 Å². The summed E-state index contributed by atoms with van der Waals surface area (Å²) in [6.07, 6.45) is 4.25. The molecule has 0 bridgehead atoms. The Morgan fingerprint density at radius 3 is 2.45 bits per heavy atom. The number of pyridine rings is 1. The number of cyclic esters (lactones) is 1. The van der Waals surface area contributed by atoms with Crippen LogP contribution < -0.4 is 15.1 Å². The quantitative estimate of drug-likeness (QED) is 0.530. The average Bonchev–Trinajstić information content (AvgIpc) is 3.36. The molecule has 2 saturated heterocycles. The van der Waals surface area contributed by atoms with Gasteiger partial charge in [0.15, 0.2) is 0 Å². The second-order valence-corrected chi connectivity index (χ2v) is 11.1. The molecule has 6 rings (SSSR count). The van der Waals surface area contributed by atoms with E-state index in [0.29, 0.717) is 24.9 Å². The van der Waals surface area contributed by atoms with Gasteiger partial charge in [0.2, 0.25) is 0 Å². The number of aromatic nitrogens is 4. The lowest BCUT2D eigenvalue weighted by Crippen LogP contribution is -2.38. The van der Waals surface area contributed by atoms with Gasteiger partial charge in [-0.2, -0.15) is 0 Å². The molecule has 2 amide bonds. The second-order valence-electron chi connectivity index (χ2n) is 11.1. The molecule has 1 aromatic carbocycles. The number of ether oxygens (including phenoxy) is 2. The fourth-order valence-electron chi connectivity index (χ4n) is 5.32. The van der Waals surface area contributed by atoms with Crippen molar-refractivity contribution in [1.29, 1.82) is 0 Å². The molecule has 11 nitrogen and oxygen atoms in total. The van der Waals surface area contributed by atoms with E-state index in [1.807, 2.05) is 57.3 Å². The Morgan fingerprint density at radius 1 is 1.08 bits per heavy atom. The first-order valence-electron chi connectivity index (χ1n) is 12.9. The maximum Gasteiger partial charge on any atom is 0.414 e. The summed E-state index contributed by atoms with van der Waals surface area (Å²) in [5.74, 6) is 1.81. The van der Waals surface area contributed by atoms with Crippen molar-refractivity contribution in [2.75, 3.05) is 29.4 Å². The third-order valence-electron chi connectivity index (χ3n) is 7.20. The van der Waals surface area contributed by atoms with Crippen molar-refractivity contribution >= 4 is 23.7 Å². The van der Waals surface area contributed by atoms with Crippen molar-refractivity contribution < 1.29 is 19.1 Å². The average molecular weight is 518 g/mol. The van der Waals surface area contributed by atoms with Gasteiger partial charge in [-0.25, -0.2) is 19.3 Å². The lowest BCUT2D eigenvalue weighted by Gasteiger charge is -2.23. The van der Waals surface area contributed by atoms with Crippen LogP contribution in [0.2, 0.25) is 0 Å². The van der Waals surface area contributed by atoms with E-state index in [-0.39, 0.29) is 24.3 Å². The Kier molecular flexibility index (Phi) is 5.93. The lowest BCUT2D eigenvalue weighted by molar-refractivity contribution is 0.0518. The van der Waals surface area contributed by atoms with Gasteiger partial charge in [0.05, 0.1) is 19.3 Å². The molecular weight excluding hydrogens is 486 g/mol. The third kappa shape index (κ3) is 5.00. The summed E-state index contributed by atoms with van der Waals surface area (Å²) < 4.78 is 12.5. The van der Waals surface area contributed by atoms with E-state index in [2.05, 4.69) is 26.6 Å². The summed E-state index contributed by atoms with van der Waals surface area (Å²) in [6, 6.07) is 12.1. The largest absolute Gasteiger partial charge is 0.444 e. The van der Waals surface area contributed by atoms with Crippen LogP contribution in [0.5, 0.6) is 0 Å². The highest BCUT2D eigenvalue weighted by molar-refractivity contribution is 5.90. The molecule has 1 N–H and O–H groups in total. The minimum absolute atomic E-state index is 0.185. The molecule has 2 aliphatic heterocycles. The molecule has 1 saturated carbocycles. The zero-order valence-electron chi connectivity index (χ0n) is 21.7. The Balaban J connectivity index is 1.02. The second kappa shape index (κ2) is 9.30. The molecule has 0 spiro atoms. The van der Waals surface area contributed by atoms with Gasteiger partial charge < -0.3 is 19.7 Å². The Labute approximate surface area is 220 Å². The summed E-state index contributed by atoms with van der Waals surface area (Å²) in [5.41, 5.74) is 2.32. The lowest BCUT2D eigenvalue weighted by atomic mass is 10.1. The van der Waals surface area contributed by atoms with Crippen LogP contribution in [-0.2, 0) is 16.0 Å². The summed E-state index contributed by atoms with van der Waals surface area (Å²) in [7, 11) is 0. The first-order valence-corrected chi connectivity index (χ1v) is 12.9. The van der Waals surface area contributed by atoms with Crippen LogP contribution in [0.1, 0.15) is 20.8 Å². The molecule has 1 unspecified atom stereocenters. The van der Waals surface area contributed by atoms with Crippen LogP contribution in [0.15, 0.2) is 55.0 Å². The minimum Gasteiger partial charge on any atom is -0.444 e. The number of nitrogens with zero attached hydrogens (tertiary/aromatic N) is 6. The molecule has 4 heterocycles. The van der Waals surface area contributed by atoms with Gasteiger partial charge in [0.1, 0.15) is 17.5 Å². The number of amides is 2. The number of nitrogens with one attached hydrogen (secondary N) is 1. The number of piperidine rings is 1. The third-order valence-corrected chi connectivity index (χ3v) is 7.20. The van der Waals surface area contributed by atoms with Crippen LogP contribution >= 0.6 is 0 Å². The standard InChI is InChI=1S/C27H31N7O4/c1-27(2,3)38-25(35)30-24-21-15-32(16-22(21)24)23-9-6-18(12-28-23)17-4-7-19(8-5-17)34-14-20(37-26(34)36)13-33-11-10-29-31-33/h4-12,20-22,24H,13-16H2,1-3H3,(H,30,35)/t20-,21-,22+,24?/m0/s1. The number of hydrogen-bond donors (Lipinski definition) is 1. The number of carbonyl (C=O) groups excluding carboxylic acids is 2. The molecule has 4 atom stereocenters. The number of benzene rings is 1. The zero-order valence-corrected chi connectivity index (χ0v) is 21.7. The number of fused-ring (bicyclic) bond motifs is 1. The highest BCUT2D eigenvalue weighted by atomic mass is 16.6. The molecule has 11 heteroatoms. The Bertz CT molecular complexity index is 1290. The number of anilines is 2. The molecule has 38 heavy (non-hydrogen) atoms. The van der Waals surface area contributed by atoms with Crippen molar-refractivity contribution in [2.45, 2.75) is 45.1 Å². The van der Waals surface area contributed by atoms with E-state index in [9.17, 15) is 9.59 Å². The SMILES string of the molecule is CC(C)(C)OC(=O)NC1[C@H]2CN(c3ccc(-c4ccc(N5C[C@H](Cn6ccnn6)OC5=O)cc4)cn3)C[C@@H]12. The van der Waals surface area contributed by atoms with E-state index in [4.69, 9.17) is 14.5 Å². The van der Waals surface area contributed by atoms with Gasteiger partial charge in [0.25, 0.3) is 0 Å². The Morgan fingerprint density at radius 2 is 1.82 bits per heavy atom. The van der Waals surface area contributed by atoms with E-state index < -0.39 is 5.60 Å². The van der Waals surface area contributed by atoms with Crippen LogP contribution in [0.3, 0.4) is 0 Å². The van der Waals surface area contributed by atoms with Crippen molar-refractivity contribution in [1.82, 2.24) is 25.3 Å². The van der Waals surface area contributed by atoms with E-state index in [1.165, 1.54) is 0 Å². The van der Waals surface area contributed by atoms with Gasteiger partial charge >= 0.3 is 12.2 Å². The topological polar surface area (TPSA) is 115 Å². The molecule has 2 aromatic heterocycles. The van der Waals surface area contributed by atoms with Crippen LogP contribution in [0, 0.1) is 11.8 Å². The van der Waals surface area contributed by atoms with Crippen LogP contribution in [-0.4, -0.2) is 69.5 Å². The number of rotatable bonds is 6. The van der Waals surface area contributed by atoms with Gasteiger partial charge in [-0.3, -0.25) is 4.90 Å². The van der Waals surface area contributed by atoms with Gasteiger partial charge in [0, 0.05) is 54.6 Å². The number of hydrogen-bond acceptors (Lipinski definition) is 8. The van der Waals surface area contributed by atoms with Crippen LogP contribution in [0.4, 0.5) is 21.1 Å². The Hall–Kier alpha value is -4.15. The fourth-order valence-corrected chi connectivity index (χ4v) is 5.32. The zero-order chi connectivity index (χ0) is 26.4. The minimum atomic E-state index is -0.492. The molecule has 3 fully saturated rings. The summed E-state index contributed by atoms with van der Waals surface area (Å²) in [6.45, 7) is 8.28. The van der Waals surface area contributed by atoms with Gasteiger partial charge in [-0.05, 0) is 50.6 Å². The number of carbonyl (C=O) groups is 2. The van der Waals surface area contributed by atoms with Crippen molar-refractivity contribution in [2.24, 2.45) is 11.8 Å². The highest BCUT2D eigenvalue weighted by Crippen LogP contribution is 2.46. The van der Waals surface area contributed by atoms with Gasteiger partial charge in [-0.1, -0.05) is 17.3 Å². The first kappa shape index (κ1) is 24.2. The maximum absolute atomic E-state index is 12.4. The van der Waals surface area contributed by atoms with Crippen molar-refractivity contribution in [3.63, 3.8) is 0 Å². The van der Waals surface area contributed by atoms with E-state index in [0.717, 1.165) is 35.7 Å². The molecule has 198 valence electrons. The van der Waals surface area contributed by atoms with E-state index in [1.54, 1.807) is 22.0 Å². The smallest absolute Gasteiger partial charge is 0.414 e. The normalized spacial score (nSPS) is 24.2. The van der Waals surface area contributed by atoms with Crippen molar-refractivity contribution in [3.8, 4) is 11.1 Å². The molecular formula is C27H31N7O4. The first-order chi connectivity index (χ1) is 18.2. The predicted molar refractivity (Wildman–Crippen MR) is 140 cm³/mol. The number of alkyl carbamates (subject to hydrolysis) is 1. The predicted octanol–water partition coefficient (Wildman–Crippen LogP) is 3.32. The summed E-state index contributed by atoms with van der Waals surface area (Å²) in [4.78, 5) is 33.1. The highest BCUT2D eigenvalue weighted by Gasteiger charge is 2.57. The maximum atomic E-state index is 12.4. The summed E-state index contributed by atoms with van der Waals surface area (Å²) in [5, 5.41) is 10.7. The van der Waals surface area contributed by atoms with Crippen LogP contribution in [0.25, 0.3) is 11.1 Å². The molecule has 3 aromatic rings. The monoisotopic (exact) mass is 517 g/mol. The van der Waals surface area contributed by atoms with Crippen molar-refractivity contribution in [3.05, 3.63) is 55.0 Å².